The maximum Gasteiger partial charge on any atom is 0.257 e. The van der Waals surface area contributed by atoms with Crippen LogP contribution in [0.5, 0.6) is 11.5 Å². The van der Waals surface area contributed by atoms with Crippen molar-refractivity contribution in [1.82, 2.24) is 24.8 Å². The third-order valence-corrected chi connectivity index (χ3v) is 5.88. The van der Waals surface area contributed by atoms with E-state index in [0.717, 1.165) is 11.1 Å². The van der Waals surface area contributed by atoms with E-state index in [1.807, 2.05) is 6.07 Å². The molecule has 2 aliphatic heterocycles. The summed E-state index contributed by atoms with van der Waals surface area (Å²) < 4.78 is 10.7. The fourth-order valence-corrected chi connectivity index (χ4v) is 4.07. The molecule has 32 heavy (non-hydrogen) atoms. The molecule has 3 aromatic rings. The highest BCUT2D eigenvalue weighted by atomic mass is 16.5. The Bertz CT molecular complexity index is 1210. The van der Waals surface area contributed by atoms with Crippen molar-refractivity contribution < 1.29 is 14.3 Å². The number of nitrogens with two attached hydrogens (primary N) is 1. The van der Waals surface area contributed by atoms with E-state index >= 15 is 0 Å². The Hall–Kier alpha value is -3.89. The molecule has 1 amide bonds. The summed E-state index contributed by atoms with van der Waals surface area (Å²) in [6.45, 7) is 3.31. The first kappa shape index (κ1) is 20.0. The predicted molar refractivity (Wildman–Crippen MR) is 119 cm³/mol. The number of methoxy groups -OCH3 is 2. The van der Waals surface area contributed by atoms with Crippen molar-refractivity contribution in [2.24, 2.45) is 0 Å². The van der Waals surface area contributed by atoms with Gasteiger partial charge in [-0.25, -0.2) is 15.0 Å². The zero-order valence-corrected chi connectivity index (χ0v) is 18.2. The Morgan fingerprint density at radius 1 is 0.938 bits per heavy atom. The number of rotatable bonds is 4. The summed E-state index contributed by atoms with van der Waals surface area (Å²) in [5.41, 5.74) is 8.30. The van der Waals surface area contributed by atoms with Crippen molar-refractivity contribution >= 4 is 34.5 Å². The standard InChI is InChI=1S/C21H24N8O3/c1-27-11-15-13(19(27)30)10-23-20(25-15)28-4-6-29(7-5-28)21-24-14-9-17(32-3)16(31-2)8-12(14)18(22)26-21/h8-10H,4-7,11H2,1-3H3,(H2,22,24,26). The molecule has 5 rings (SSSR count). The van der Waals surface area contributed by atoms with Gasteiger partial charge in [0.25, 0.3) is 5.91 Å². The molecule has 0 bridgehead atoms. The van der Waals surface area contributed by atoms with Gasteiger partial charge in [-0.05, 0) is 6.07 Å². The van der Waals surface area contributed by atoms with Crippen LogP contribution in [0.2, 0.25) is 0 Å². The molecule has 0 radical (unpaired) electrons. The first-order valence-corrected chi connectivity index (χ1v) is 10.3. The number of carbonyl (C=O) groups is 1. The van der Waals surface area contributed by atoms with E-state index in [4.69, 9.17) is 20.2 Å². The Morgan fingerprint density at radius 2 is 1.59 bits per heavy atom. The normalized spacial score (nSPS) is 16.0. The van der Waals surface area contributed by atoms with Crippen LogP contribution in [0, 0.1) is 0 Å². The second-order valence-corrected chi connectivity index (χ2v) is 7.80. The van der Waals surface area contributed by atoms with Crippen LogP contribution in [0.4, 0.5) is 17.7 Å². The van der Waals surface area contributed by atoms with Crippen molar-refractivity contribution in [2.45, 2.75) is 6.54 Å². The summed E-state index contributed by atoms with van der Waals surface area (Å²) in [5, 5.41) is 0.719. The lowest BCUT2D eigenvalue weighted by Crippen LogP contribution is -2.47. The average Bonchev–Trinajstić information content (AvgIpc) is 3.11. The summed E-state index contributed by atoms with van der Waals surface area (Å²) >= 11 is 0. The number of carbonyl (C=O) groups excluding carboxylic acids is 1. The van der Waals surface area contributed by atoms with Crippen LogP contribution in [-0.2, 0) is 6.54 Å². The third-order valence-electron chi connectivity index (χ3n) is 5.88. The van der Waals surface area contributed by atoms with Gasteiger partial charge in [0, 0.05) is 50.9 Å². The number of nitrogen functional groups attached to an aromatic ring is 1. The van der Waals surface area contributed by atoms with Crippen LogP contribution in [0.25, 0.3) is 10.9 Å². The Labute approximate surface area is 184 Å². The van der Waals surface area contributed by atoms with Crippen molar-refractivity contribution in [1.29, 1.82) is 0 Å². The molecule has 2 aromatic heterocycles. The predicted octanol–water partition coefficient (Wildman–Crippen LogP) is 0.931. The molecule has 11 nitrogen and oxygen atoms in total. The van der Waals surface area contributed by atoms with Gasteiger partial charge >= 0.3 is 0 Å². The highest BCUT2D eigenvalue weighted by Crippen LogP contribution is 2.34. The molecule has 2 N–H and O–H groups in total. The van der Waals surface area contributed by atoms with Crippen molar-refractivity contribution in [3.05, 3.63) is 29.6 Å². The molecule has 1 aromatic carbocycles. The van der Waals surface area contributed by atoms with Crippen LogP contribution in [0.3, 0.4) is 0 Å². The zero-order valence-electron chi connectivity index (χ0n) is 18.2. The third kappa shape index (κ3) is 3.26. The van der Waals surface area contributed by atoms with Crippen molar-refractivity contribution in [3.63, 3.8) is 0 Å². The Kier molecular flexibility index (Phi) is 4.80. The first-order chi connectivity index (χ1) is 15.5. The van der Waals surface area contributed by atoms with E-state index in [1.165, 1.54) is 0 Å². The molecule has 2 aliphatic rings. The van der Waals surface area contributed by atoms with Crippen molar-refractivity contribution in [3.8, 4) is 11.5 Å². The molecule has 0 unspecified atom stereocenters. The zero-order chi connectivity index (χ0) is 22.4. The maximum atomic E-state index is 12.1. The number of amides is 1. The minimum Gasteiger partial charge on any atom is -0.493 e. The van der Waals surface area contributed by atoms with E-state index in [-0.39, 0.29) is 5.91 Å². The summed E-state index contributed by atoms with van der Waals surface area (Å²) in [7, 11) is 4.93. The summed E-state index contributed by atoms with van der Waals surface area (Å²) in [5.74, 6) is 2.75. The molecule has 0 aliphatic carbocycles. The van der Waals surface area contributed by atoms with Gasteiger partial charge in [-0.3, -0.25) is 4.79 Å². The number of ether oxygens (including phenoxy) is 2. The van der Waals surface area contributed by atoms with Gasteiger partial charge in [0.05, 0.1) is 37.5 Å². The van der Waals surface area contributed by atoms with Crippen molar-refractivity contribution in [2.75, 3.05) is 63.0 Å². The summed E-state index contributed by atoms with van der Waals surface area (Å²) in [6.07, 6.45) is 1.63. The lowest BCUT2D eigenvalue weighted by molar-refractivity contribution is 0.0816. The van der Waals surface area contributed by atoms with E-state index in [9.17, 15) is 4.79 Å². The fourth-order valence-electron chi connectivity index (χ4n) is 4.07. The van der Waals surface area contributed by atoms with E-state index in [0.29, 0.717) is 73.0 Å². The molecule has 1 fully saturated rings. The van der Waals surface area contributed by atoms with Gasteiger partial charge in [0.15, 0.2) is 11.5 Å². The molecule has 4 heterocycles. The van der Waals surface area contributed by atoms with Crippen LogP contribution >= 0.6 is 0 Å². The molecule has 1 saturated heterocycles. The largest absolute Gasteiger partial charge is 0.493 e. The Balaban J connectivity index is 1.35. The van der Waals surface area contributed by atoms with Crippen LogP contribution in [-0.4, -0.2) is 78.2 Å². The van der Waals surface area contributed by atoms with E-state index in [1.54, 1.807) is 38.4 Å². The topological polar surface area (TPSA) is 123 Å². The van der Waals surface area contributed by atoms with Gasteiger partial charge in [-0.2, -0.15) is 4.98 Å². The SMILES string of the molecule is COc1cc2nc(N3CCN(c4ncc5c(n4)CN(C)C5=O)CC3)nc(N)c2cc1OC. The lowest BCUT2D eigenvalue weighted by Gasteiger charge is -2.34. The first-order valence-electron chi connectivity index (χ1n) is 10.3. The fraction of sp³-hybridized carbons (Fsp3) is 0.381. The minimum atomic E-state index is -0.0309. The number of benzene rings is 1. The van der Waals surface area contributed by atoms with Gasteiger partial charge in [-0.1, -0.05) is 0 Å². The van der Waals surface area contributed by atoms with Gasteiger partial charge in [-0.15, -0.1) is 0 Å². The van der Waals surface area contributed by atoms with E-state index < -0.39 is 0 Å². The second kappa shape index (κ2) is 7.66. The second-order valence-electron chi connectivity index (χ2n) is 7.80. The van der Waals surface area contributed by atoms with Gasteiger partial charge in [0.2, 0.25) is 11.9 Å². The molecular weight excluding hydrogens is 412 g/mol. The van der Waals surface area contributed by atoms with Crippen LogP contribution < -0.4 is 25.0 Å². The molecule has 11 heteroatoms. The van der Waals surface area contributed by atoms with E-state index in [2.05, 4.69) is 24.8 Å². The van der Waals surface area contributed by atoms with Gasteiger partial charge < -0.3 is 29.9 Å². The minimum absolute atomic E-state index is 0.0309. The molecule has 0 spiro atoms. The molecule has 0 atom stereocenters. The number of aromatic nitrogens is 4. The monoisotopic (exact) mass is 436 g/mol. The van der Waals surface area contributed by atoms with Crippen LogP contribution in [0.15, 0.2) is 18.3 Å². The highest BCUT2D eigenvalue weighted by Gasteiger charge is 2.28. The van der Waals surface area contributed by atoms with Gasteiger partial charge in [0.1, 0.15) is 5.82 Å². The quantitative estimate of drug-likeness (QED) is 0.632. The number of fused-ring (bicyclic) bond motifs is 2. The Morgan fingerprint density at radius 3 is 2.28 bits per heavy atom. The van der Waals surface area contributed by atoms with Crippen LogP contribution in [0.1, 0.15) is 16.1 Å². The summed E-state index contributed by atoms with van der Waals surface area (Å²) in [6, 6.07) is 3.60. The number of anilines is 3. The number of hydrogen-bond acceptors (Lipinski definition) is 10. The number of hydrogen-bond donors (Lipinski definition) is 1. The maximum absolute atomic E-state index is 12.1. The number of piperazine rings is 1. The molecular formula is C21H24N8O3. The number of nitrogens with zero attached hydrogens (tertiary/aromatic N) is 7. The average molecular weight is 436 g/mol. The molecule has 166 valence electrons. The summed E-state index contributed by atoms with van der Waals surface area (Å²) in [4.78, 5) is 36.2. The molecule has 0 saturated carbocycles. The lowest BCUT2D eigenvalue weighted by atomic mass is 10.2. The smallest absolute Gasteiger partial charge is 0.257 e. The highest BCUT2D eigenvalue weighted by molar-refractivity contribution is 5.97.